The number of furan rings is 1. The van der Waals surface area contributed by atoms with E-state index < -0.39 is 0 Å². The molecular weight excluding hydrogens is 324 g/mol. The second-order valence-corrected chi connectivity index (χ2v) is 6.13. The first kappa shape index (κ1) is 17.3. The van der Waals surface area contributed by atoms with Crippen LogP contribution < -0.4 is 10.4 Å². The molecule has 3 heterocycles. The van der Waals surface area contributed by atoms with E-state index in [2.05, 4.69) is 5.10 Å². The molecule has 0 atom stereocenters. The van der Waals surface area contributed by atoms with Crippen LogP contribution in [0.2, 0.25) is 0 Å². The van der Waals surface area contributed by atoms with E-state index in [1.165, 1.54) is 4.68 Å². The maximum Gasteiger partial charge on any atom is 0.345 e. The quantitative estimate of drug-likeness (QED) is 0.820. The molecule has 2 aromatic heterocycles. The summed E-state index contributed by atoms with van der Waals surface area (Å²) in [6.07, 6.45) is 1.56. The van der Waals surface area contributed by atoms with Crippen molar-refractivity contribution in [3.63, 3.8) is 0 Å². The van der Waals surface area contributed by atoms with Crippen LogP contribution in [0.3, 0.4) is 0 Å². The van der Waals surface area contributed by atoms with Crippen LogP contribution in [0.15, 0.2) is 21.3 Å². The Morgan fingerprint density at radius 2 is 2.04 bits per heavy atom. The molecule has 1 amide bonds. The molecule has 0 bridgehead atoms. The van der Waals surface area contributed by atoms with Gasteiger partial charge >= 0.3 is 5.69 Å². The Bertz CT molecular complexity index is 796. The summed E-state index contributed by atoms with van der Waals surface area (Å²) in [6, 6.07) is 3.31. The summed E-state index contributed by atoms with van der Waals surface area (Å²) in [5.41, 5.74) is -0.0879. The van der Waals surface area contributed by atoms with Crippen LogP contribution >= 0.6 is 0 Å². The first-order chi connectivity index (χ1) is 12.0. The highest BCUT2D eigenvalue weighted by atomic mass is 16.6. The molecule has 1 aliphatic heterocycles. The van der Waals surface area contributed by atoms with E-state index in [9.17, 15) is 9.59 Å². The van der Waals surface area contributed by atoms with Gasteiger partial charge in [-0.2, -0.15) is 5.10 Å². The number of nitrogens with zero attached hydrogens (tertiary/aromatic N) is 4. The number of hydrogen-bond donors (Lipinski definition) is 0. The highest BCUT2D eigenvalue weighted by Crippen LogP contribution is 2.27. The number of hydrogen-bond acceptors (Lipinski definition) is 5. The van der Waals surface area contributed by atoms with Gasteiger partial charge in [0.1, 0.15) is 5.82 Å². The number of aromatic nitrogens is 3. The molecular formula is C17H24N4O4. The SMILES string of the molecule is CCOc1ccc(C(=O)N2CCC(c3nn(C)c(=O)n3CC)CC2)o1. The minimum Gasteiger partial charge on any atom is -0.465 e. The molecule has 0 aliphatic carbocycles. The van der Waals surface area contributed by atoms with Crippen molar-refractivity contribution in [3.05, 3.63) is 34.2 Å². The lowest BCUT2D eigenvalue weighted by atomic mass is 9.95. The topological polar surface area (TPSA) is 82.5 Å². The third kappa shape index (κ3) is 3.33. The molecule has 1 fully saturated rings. The average molecular weight is 348 g/mol. The van der Waals surface area contributed by atoms with Gasteiger partial charge in [-0.05, 0) is 32.8 Å². The molecule has 8 nitrogen and oxygen atoms in total. The Kier molecular flexibility index (Phi) is 4.96. The van der Waals surface area contributed by atoms with E-state index in [4.69, 9.17) is 9.15 Å². The van der Waals surface area contributed by atoms with E-state index in [1.54, 1.807) is 28.6 Å². The molecule has 0 radical (unpaired) electrons. The van der Waals surface area contributed by atoms with Crippen molar-refractivity contribution < 1.29 is 13.9 Å². The van der Waals surface area contributed by atoms with Gasteiger partial charge in [0.05, 0.1) is 6.61 Å². The van der Waals surface area contributed by atoms with Crippen molar-refractivity contribution in [1.82, 2.24) is 19.2 Å². The smallest absolute Gasteiger partial charge is 0.345 e. The molecule has 0 saturated carbocycles. The first-order valence-corrected chi connectivity index (χ1v) is 8.70. The van der Waals surface area contributed by atoms with Gasteiger partial charge in [0.15, 0.2) is 5.76 Å². The molecule has 0 unspecified atom stereocenters. The van der Waals surface area contributed by atoms with E-state index in [0.29, 0.717) is 37.9 Å². The second kappa shape index (κ2) is 7.16. The average Bonchev–Trinajstić information content (AvgIpc) is 3.20. The lowest BCUT2D eigenvalue weighted by Crippen LogP contribution is -2.38. The summed E-state index contributed by atoms with van der Waals surface area (Å²) in [6.45, 7) is 6.13. The van der Waals surface area contributed by atoms with Gasteiger partial charge in [-0.15, -0.1) is 0 Å². The zero-order chi connectivity index (χ0) is 18.0. The van der Waals surface area contributed by atoms with Crippen molar-refractivity contribution >= 4 is 5.91 Å². The molecule has 3 rings (SSSR count). The molecule has 0 N–H and O–H groups in total. The summed E-state index contributed by atoms with van der Waals surface area (Å²) in [5, 5.41) is 4.39. The largest absolute Gasteiger partial charge is 0.465 e. The monoisotopic (exact) mass is 348 g/mol. The Balaban J connectivity index is 1.66. The molecule has 0 spiro atoms. The number of rotatable bonds is 5. The molecule has 8 heteroatoms. The third-order valence-electron chi connectivity index (χ3n) is 4.58. The second-order valence-electron chi connectivity index (χ2n) is 6.13. The number of carbonyl (C=O) groups is 1. The van der Waals surface area contributed by atoms with Gasteiger partial charge in [0.25, 0.3) is 11.9 Å². The van der Waals surface area contributed by atoms with Gasteiger partial charge < -0.3 is 14.1 Å². The minimum absolute atomic E-state index is 0.0879. The first-order valence-electron chi connectivity index (χ1n) is 8.70. The minimum atomic E-state index is -0.127. The van der Waals surface area contributed by atoms with Crippen molar-refractivity contribution in [3.8, 4) is 5.95 Å². The summed E-state index contributed by atoms with van der Waals surface area (Å²) in [4.78, 5) is 26.4. The normalized spacial score (nSPS) is 15.6. The Labute approximate surface area is 146 Å². The maximum atomic E-state index is 12.5. The fourth-order valence-corrected chi connectivity index (χ4v) is 3.27. The van der Waals surface area contributed by atoms with Crippen LogP contribution in [0.5, 0.6) is 5.95 Å². The summed E-state index contributed by atoms with van der Waals surface area (Å²) < 4.78 is 13.8. The molecule has 2 aromatic rings. The Morgan fingerprint density at radius 3 is 2.68 bits per heavy atom. The summed E-state index contributed by atoms with van der Waals surface area (Å²) in [7, 11) is 1.67. The molecule has 1 aliphatic rings. The predicted molar refractivity (Wildman–Crippen MR) is 90.9 cm³/mol. The van der Waals surface area contributed by atoms with Gasteiger partial charge in [-0.1, -0.05) is 0 Å². The van der Waals surface area contributed by atoms with Crippen LogP contribution in [-0.2, 0) is 13.6 Å². The van der Waals surface area contributed by atoms with Crippen molar-refractivity contribution in [2.45, 2.75) is 39.2 Å². The molecule has 25 heavy (non-hydrogen) atoms. The lowest BCUT2D eigenvalue weighted by Gasteiger charge is -2.30. The van der Waals surface area contributed by atoms with Crippen LogP contribution in [0.4, 0.5) is 0 Å². The zero-order valence-corrected chi connectivity index (χ0v) is 14.9. The summed E-state index contributed by atoms with van der Waals surface area (Å²) >= 11 is 0. The molecule has 136 valence electrons. The van der Waals surface area contributed by atoms with E-state index >= 15 is 0 Å². The number of likely N-dealkylation sites (tertiary alicyclic amines) is 1. The van der Waals surface area contributed by atoms with Crippen molar-refractivity contribution in [1.29, 1.82) is 0 Å². The number of aryl methyl sites for hydroxylation is 1. The van der Waals surface area contributed by atoms with E-state index in [1.807, 2.05) is 13.8 Å². The highest BCUT2D eigenvalue weighted by molar-refractivity contribution is 5.91. The molecule has 1 saturated heterocycles. The van der Waals surface area contributed by atoms with E-state index in [-0.39, 0.29) is 17.5 Å². The standard InChI is InChI=1S/C17H24N4O4/c1-4-21-15(18-19(3)17(21)23)12-8-10-20(11-9-12)16(22)13-6-7-14(25-13)24-5-2/h6-7,12H,4-5,8-11H2,1-3H3. The van der Waals surface area contributed by atoms with Crippen LogP contribution in [-0.4, -0.2) is 44.9 Å². The zero-order valence-electron chi connectivity index (χ0n) is 14.9. The fourth-order valence-electron chi connectivity index (χ4n) is 3.27. The van der Waals surface area contributed by atoms with Crippen LogP contribution in [0.1, 0.15) is 49.0 Å². The maximum absolute atomic E-state index is 12.5. The number of amides is 1. The van der Waals surface area contributed by atoms with Crippen molar-refractivity contribution in [2.75, 3.05) is 19.7 Å². The van der Waals surface area contributed by atoms with Crippen LogP contribution in [0.25, 0.3) is 0 Å². The summed E-state index contributed by atoms with van der Waals surface area (Å²) in [5.74, 6) is 1.54. The number of ether oxygens (including phenoxy) is 1. The fraction of sp³-hybridized carbons (Fsp3) is 0.588. The molecule has 0 aromatic carbocycles. The number of carbonyl (C=O) groups excluding carboxylic acids is 1. The lowest BCUT2D eigenvalue weighted by molar-refractivity contribution is 0.0670. The highest BCUT2D eigenvalue weighted by Gasteiger charge is 2.29. The van der Waals surface area contributed by atoms with Crippen LogP contribution in [0, 0.1) is 0 Å². The Hall–Kier alpha value is -2.51. The third-order valence-corrected chi connectivity index (χ3v) is 4.58. The van der Waals surface area contributed by atoms with Gasteiger partial charge in [-0.25, -0.2) is 9.48 Å². The Morgan fingerprint density at radius 1 is 1.32 bits per heavy atom. The van der Waals surface area contributed by atoms with Gasteiger partial charge in [0.2, 0.25) is 0 Å². The van der Waals surface area contributed by atoms with Gasteiger partial charge in [-0.3, -0.25) is 9.36 Å². The number of piperidine rings is 1. The van der Waals surface area contributed by atoms with Gasteiger partial charge in [0, 0.05) is 38.7 Å². The van der Waals surface area contributed by atoms with Crippen molar-refractivity contribution in [2.24, 2.45) is 7.05 Å². The van der Waals surface area contributed by atoms with E-state index in [0.717, 1.165) is 18.7 Å². The predicted octanol–water partition coefficient (Wildman–Crippen LogP) is 1.61.